The second-order valence-corrected chi connectivity index (χ2v) is 7.78. The number of aromatic nitrogens is 2. The lowest BCUT2D eigenvalue weighted by atomic mass is 10.0. The van der Waals surface area contributed by atoms with Crippen molar-refractivity contribution in [3.8, 4) is 5.75 Å². The molecule has 3 aromatic carbocycles. The Kier molecular flexibility index (Phi) is 6.02. The molecule has 0 saturated heterocycles. The maximum absolute atomic E-state index is 12.2. The molecule has 0 saturated carbocycles. The molecule has 0 aliphatic carbocycles. The van der Waals surface area contributed by atoms with Crippen LogP contribution in [0, 0.1) is 0 Å². The molecule has 0 unspecified atom stereocenters. The lowest BCUT2D eigenvalue weighted by molar-refractivity contribution is 0.0955. The summed E-state index contributed by atoms with van der Waals surface area (Å²) in [6.45, 7) is 0. The first kappa shape index (κ1) is 20.0. The van der Waals surface area contributed by atoms with Gasteiger partial charge in [-0.25, -0.2) is 10.4 Å². The number of halogens is 1. The Morgan fingerprint density at radius 1 is 1.20 bits per heavy atom. The van der Waals surface area contributed by atoms with Gasteiger partial charge in [0.05, 0.1) is 11.2 Å². The van der Waals surface area contributed by atoms with E-state index in [0.717, 1.165) is 27.2 Å². The van der Waals surface area contributed by atoms with Crippen molar-refractivity contribution in [3.63, 3.8) is 0 Å². The second-order valence-electron chi connectivity index (χ2n) is 6.41. The molecule has 1 amide bonds. The van der Waals surface area contributed by atoms with Gasteiger partial charge in [-0.1, -0.05) is 59.8 Å². The molecule has 0 bridgehead atoms. The van der Waals surface area contributed by atoms with Crippen molar-refractivity contribution < 1.29 is 9.90 Å². The zero-order valence-corrected chi connectivity index (χ0v) is 17.2. The number of aromatic amines is 1. The van der Waals surface area contributed by atoms with Crippen molar-refractivity contribution in [1.29, 1.82) is 0 Å². The first-order valence-electron chi connectivity index (χ1n) is 9.06. The minimum atomic E-state index is -0.413. The molecule has 30 heavy (non-hydrogen) atoms. The third kappa shape index (κ3) is 4.48. The van der Waals surface area contributed by atoms with Crippen molar-refractivity contribution in [3.05, 3.63) is 88.7 Å². The van der Waals surface area contributed by atoms with Crippen LogP contribution in [0.3, 0.4) is 0 Å². The van der Waals surface area contributed by atoms with Gasteiger partial charge in [-0.3, -0.25) is 4.79 Å². The number of imidazole rings is 1. The van der Waals surface area contributed by atoms with Gasteiger partial charge in [-0.2, -0.15) is 5.10 Å². The Hall–Kier alpha value is -3.29. The van der Waals surface area contributed by atoms with E-state index >= 15 is 0 Å². The van der Waals surface area contributed by atoms with Crippen LogP contribution in [0.15, 0.2) is 77.2 Å². The number of rotatable bonds is 6. The largest absolute Gasteiger partial charge is 0.506 e. The van der Waals surface area contributed by atoms with Gasteiger partial charge in [0.25, 0.3) is 5.91 Å². The van der Waals surface area contributed by atoms with Gasteiger partial charge in [0.1, 0.15) is 5.75 Å². The Morgan fingerprint density at radius 3 is 2.80 bits per heavy atom. The summed E-state index contributed by atoms with van der Waals surface area (Å²) in [6, 6.07) is 16.3. The molecular formula is C22H17ClN4O2S. The summed E-state index contributed by atoms with van der Waals surface area (Å²) < 4.78 is 0. The highest BCUT2D eigenvalue weighted by molar-refractivity contribution is 7.98. The number of nitrogens with zero attached hydrogens (tertiary/aromatic N) is 2. The zero-order chi connectivity index (χ0) is 20.9. The normalized spacial score (nSPS) is 11.2. The molecule has 4 aromatic rings. The minimum Gasteiger partial charge on any atom is -0.506 e. The van der Waals surface area contributed by atoms with Crippen LogP contribution in [-0.4, -0.2) is 27.2 Å². The van der Waals surface area contributed by atoms with Gasteiger partial charge in [0.15, 0.2) is 5.16 Å². The number of hydrazone groups is 1. The lowest BCUT2D eigenvalue weighted by Crippen LogP contribution is -2.17. The average Bonchev–Trinajstić information content (AvgIpc) is 3.28. The van der Waals surface area contributed by atoms with E-state index in [9.17, 15) is 9.90 Å². The van der Waals surface area contributed by atoms with Crippen molar-refractivity contribution >= 4 is 46.3 Å². The number of hydrogen-bond acceptors (Lipinski definition) is 5. The van der Waals surface area contributed by atoms with E-state index < -0.39 is 5.91 Å². The van der Waals surface area contributed by atoms with Crippen LogP contribution in [0.4, 0.5) is 0 Å². The number of fused-ring (bicyclic) bond motifs is 1. The summed E-state index contributed by atoms with van der Waals surface area (Å²) in [5.41, 5.74) is 4.88. The molecule has 0 fully saturated rings. The molecule has 0 aliphatic rings. The van der Waals surface area contributed by atoms with E-state index in [1.807, 2.05) is 24.3 Å². The fourth-order valence-electron chi connectivity index (χ4n) is 2.97. The monoisotopic (exact) mass is 436 g/mol. The van der Waals surface area contributed by atoms with E-state index in [1.54, 1.807) is 30.4 Å². The summed E-state index contributed by atoms with van der Waals surface area (Å²) in [6.07, 6.45) is 5.16. The van der Waals surface area contributed by atoms with Crippen molar-refractivity contribution in [2.45, 2.75) is 10.9 Å². The zero-order valence-electron chi connectivity index (χ0n) is 15.7. The molecule has 1 heterocycles. The van der Waals surface area contributed by atoms with Crippen molar-refractivity contribution in [2.24, 2.45) is 5.10 Å². The van der Waals surface area contributed by atoms with Crippen LogP contribution in [0.1, 0.15) is 21.5 Å². The van der Waals surface area contributed by atoms with Crippen LogP contribution in [-0.2, 0) is 5.75 Å². The first-order chi connectivity index (χ1) is 14.6. The highest BCUT2D eigenvalue weighted by Gasteiger charge is 2.08. The molecule has 0 atom stereocenters. The summed E-state index contributed by atoms with van der Waals surface area (Å²) in [5.74, 6) is 0.293. The number of nitrogens with one attached hydrogen (secondary N) is 2. The van der Waals surface area contributed by atoms with Crippen molar-refractivity contribution in [1.82, 2.24) is 15.4 Å². The number of aromatic hydroxyl groups is 1. The number of carbonyl (C=O) groups is 1. The Labute approximate surface area is 182 Å². The molecule has 6 nitrogen and oxygen atoms in total. The molecule has 0 radical (unpaired) electrons. The maximum atomic E-state index is 12.2. The van der Waals surface area contributed by atoms with Gasteiger partial charge >= 0.3 is 0 Å². The smallest absolute Gasteiger partial charge is 0.271 e. The SMILES string of the molecule is O=C(NN=Cc1ccc(CSc2ncc[nH]2)c2ccccc12)c1ccc(O)c(Cl)c1. The summed E-state index contributed by atoms with van der Waals surface area (Å²) in [5, 5.41) is 16.7. The number of thioether (sulfide) groups is 1. The summed E-state index contributed by atoms with van der Waals surface area (Å²) in [4.78, 5) is 19.6. The standard InChI is InChI=1S/C22H17ClN4O2S/c23-19-11-14(7-8-20(19)28)21(29)27-26-12-15-5-6-16(13-30-22-24-9-10-25-22)18-4-2-1-3-17(15)18/h1-12,28H,13H2,(H,24,25)(H,27,29). The Balaban J connectivity index is 1.52. The quantitative estimate of drug-likeness (QED) is 0.226. The van der Waals surface area contributed by atoms with E-state index in [2.05, 4.69) is 32.6 Å². The molecule has 0 spiro atoms. The van der Waals surface area contributed by atoms with Crippen molar-refractivity contribution in [2.75, 3.05) is 0 Å². The Morgan fingerprint density at radius 2 is 2.03 bits per heavy atom. The predicted octanol–water partition coefficient (Wildman–Crippen LogP) is 4.98. The highest BCUT2D eigenvalue weighted by atomic mass is 35.5. The number of phenolic OH excluding ortho intramolecular Hbond substituents is 1. The van der Waals surface area contributed by atoms with Gasteiger partial charge in [-0.05, 0) is 34.5 Å². The molecular weight excluding hydrogens is 420 g/mol. The lowest BCUT2D eigenvalue weighted by Gasteiger charge is -2.08. The van der Waals surface area contributed by atoms with Crippen LogP contribution >= 0.6 is 23.4 Å². The number of hydrogen-bond donors (Lipinski definition) is 3. The molecule has 1 aromatic heterocycles. The number of phenols is 1. The van der Waals surface area contributed by atoms with E-state index in [4.69, 9.17) is 11.6 Å². The summed E-state index contributed by atoms with van der Waals surface area (Å²) >= 11 is 7.49. The topological polar surface area (TPSA) is 90.4 Å². The van der Waals surface area contributed by atoms with E-state index in [1.165, 1.54) is 23.8 Å². The molecule has 150 valence electrons. The molecule has 0 aliphatic heterocycles. The van der Waals surface area contributed by atoms with E-state index in [0.29, 0.717) is 5.56 Å². The van der Waals surface area contributed by atoms with Gasteiger partial charge < -0.3 is 10.1 Å². The minimum absolute atomic E-state index is 0.0755. The fourth-order valence-corrected chi connectivity index (χ4v) is 3.98. The predicted molar refractivity (Wildman–Crippen MR) is 120 cm³/mol. The second kappa shape index (κ2) is 9.02. The number of amides is 1. The highest BCUT2D eigenvalue weighted by Crippen LogP contribution is 2.27. The molecule has 3 N–H and O–H groups in total. The number of H-pyrrole nitrogens is 1. The molecule has 8 heteroatoms. The number of carbonyl (C=O) groups excluding carboxylic acids is 1. The van der Waals surface area contributed by atoms with Crippen LogP contribution in [0.25, 0.3) is 10.8 Å². The van der Waals surface area contributed by atoms with Crippen LogP contribution in [0.5, 0.6) is 5.75 Å². The van der Waals surface area contributed by atoms with Gasteiger partial charge in [0, 0.05) is 29.3 Å². The average molecular weight is 437 g/mol. The third-order valence-corrected chi connectivity index (χ3v) is 5.72. The molecule has 4 rings (SSSR count). The van der Waals surface area contributed by atoms with Gasteiger partial charge in [0.2, 0.25) is 0 Å². The van der Waals surface area contributed by atoms with E-state index in [-0.39, 0.29) is 10.8 Å². The van der Waals surface area contributed by atoms with Crippen LogP contribution < -0.4 is 5.43 Å². The number of benzene rings is 3. The third-order valence-electron chi connectivity index (χ3n) is 4.47. The van der Waals surface area contributed by atoms with Gasteiger partial charge in [-0.15, -0.1) is 0 Å². The summed E-state index contributed by atoms with van der Waals surface area (Å²) in [7, 11) is 0. The first-order valence-corrected chi connectivity index (χ1v) is 10.4. The Bertz CT molecular complexity index is 1230. The fraction of sp³-hybridized carbons (Fsp3) is 0.0455. The maximum Gasteiger partial charge on any atom is 0.271 e. The van der Waals surface area contributed by atoms with Crippen LogP contribution in [0.2, 0.25) is 5.02 Å².